The monoisotopic (exact) mass is 126 g/mol. The van der Waals surface area contributed by atoms with Crippen molar-refractivity contribution in [3.8, 4) is 0 Å². The Kier molecular flexibility index (Phi) is 8.35. The minimum atomic E-state index is -0.688. The van der Waals surface area contributed by atoms with Crippen molar-refractivity contribution in [1.82, 2.24) is 0 Å². The van der Waals surface area contributed by atoms with Crippen LogP contribution in [0.15, 0.2) is 0 Å². The Morgan fingerprint density at radius 1 is 1.12 bits per heavy atom. The molecule has 2 unspecified atom stereocenters. The molecule has 0 aromatic heterocycles. The molecule has 0 saturated carbocycles. The van der Waals surface area contributed by atoms with Gasteiger partial charge in [0.1, 0.15) is 0 Å². The van der Waals surface area contributed by atoms with Crippen LogP contribution in [0, 0.1) is 0 Å². The third kappa shape index (κ3) is 9.84. The Morgan fingerprint density at radius 3 is 1.38 bits per heavy atom. The van der Waals surface area contributed by atoms with Gasteiger partial charge in [-0.3, -0.25) is 0 Å². The van der Waals surface area contributed by atoms with E-state index in [1.54, 1.807) is 0 Å². The molecule has 0 aromatic rings. The fourth-order valence-electron chi connectivity index (χ4n) is 0.467. The van der Waals surface area contributed by atoms with Gasteiger partial charge in [-0.25, -0.2) is 0 Å². The molecule has 0 amide bonds. The summed E-state index contributed by atoms with van der Waals surface area (Å²) in [5, 5.41) is 20.3. The van der Waals surface area contributed by atoms with Crippen LogP contribution >= 0.6 is 0 Å². The minimum absolute atomic E-state index is 0. The fourth-order valence-corrected chi connectivity index (χ4v) is 0.467. The molecule has 0 rings (SSSR count). The average molecular weight is 126 g/mol. The molecule has 0 N–H and O–H groups in total. The quantitative estimate of drug-likeness (QED) is 0.423. The second kappa shape index (κ2) is 5.82. The summed E-state index contributed by atoms with van der Waals surface area (Å²) in [6, 6.07) is 0. The Morgan fingerprint density at radius 2 is 1.38 bits per heavy atom. The van der Waals surface area contributed by atoms with Crippen LogP contribution in [-0.2, 0) is 0 Å². The fraction of sp³-hybridized carbons (Fsp3) is 1.00. The summed E-state index contributed by atoms with van der Waals surface area (Å²) >= 11 is 0. The summed E-state index contributed by atoms with van der Waals surface area (Å²) in [7, 11) is 0. The van der Waals surface area contributed by atoms with Gasteiger partial charge in [0.05, 0.1) is 0 Å². The van der Waals surface area contributed by atoms with Gasteiger partial charge in [-0.1, -0.05) is 20.3 Å². The first-order chi connectivity index (χ1) is 3.13. The summed E-state index contributed by atoms with van der Waals surface area (Å²) in [4.78, 5) is 0. The maximum absolute atomic E-state index is 10.1. The van der Waals surface area contributed by atoms with E-state index in [9.17, 15) is 10.2 Å². The van der Waals surface area contributed by atoms with Gasteiger partial charge in [-0.2, -0.15) is 0 Å². The van der Waals surface area contributed by atoms with Crippen molar-refractivity contribution in [2.24, 2.45) is 0 Å². The van der Waals surface area contributed by atoms with E-state index in [0.717, 1.165) is 0 Å². The van der Waals surface area contributed by atoms with Crippen LogP contribution in [0.4, 0.5) is 0 Å². The van der Waals surface area contributed by atoms with Crippen molar-refractivity contribution in [3.05, 3.63) is 0 Å². The van der Waals surface area contributed by atoms with Gasteiger partial charge in [0.15, 0.2) is 0 Å². The molecule has 8 heavy (non-hydrogen) atoms. The maximum atomic E-state index is 10.1. The largest absolute Gasteiger partial charge is 2.00 e. The molecule has 0 radical (unpaired) electrons. The first kappa shape index (κ1) is 11.5. The van der Waals surface area contributed by atoms with Crippen LogP contribution < -0.4 is 10.2 Å². The molecule has 0 saturated heterocycles. The van der Waals surface area contributed by atoms with E-state index in [2.05, 4.69) is 0 Å². The molecule has 0 bridgehead atoms. The summed E-state index contributed by atoms with van der Waals surface area (Å²) in [5.41, 5.74) is 0. The van der Waals surface area contributed by atoms with E-state index in [0.29, 0.717) is 0 Å². The molecule has 0 aromatic carbocycles. The predicted molar refractivity (Wildman–Crippen MR) is 29.3 cm³/mol. The first-order valence-electron chi connectivity index (χ1n) is 2.44. The zero-order valence-corrected chi connectivity index (χ0v) is 6.80. The van der Waals surface area contributed by atoms with Crippen LogP contribution in [-0.4, -0.2) is 35.3 Å². The van der Waals surface area contributed by atoms with Crippen LogP contribution in [0.2, 0.25) is 0 Å². The SMILES string of the molecule is CC([O-])CC(C)[O-].[Mg+2]. The molecule has 0 fully saturated rings. The summed E-state index contributed by atoms with van der Waals surface area (Å²) < 4.78 is 0. The summed E-state index contributed by atoms with van der Waals surface area (Å²) in [5.74, 6) is 0. The van der Waals surface area contributed by atoms with E-state index in [4.69, 9.17) is 0 Å². The molecule has 0 aliphatic heterocycles. The van der Waals surface area contributed by atoms with E-state index in [1.807, 2.05) is 0 Å². The van der Waals surface area contributed by atoms with Gasteiger partial charge in [0.25, 0.3) is 0 Å². The molecule has 3 heteroatoms. The van der Waals surface area contributed by atoms with Crippen molar-refractivity contribution in [1.29, 1.82) is 0 Å². The molecule has 0 spiro atoms. The Bertz CT molecular complexity index is 39.7. The van der Waals surface area contributed by atoms with Gasteiger partial charge < -0.3 is 10.2 Å². The summed E-state index contributed by atoms with van der Waals surface area (Å²) in [6.45, 7) is 3.02. The Hall–Kier alpha value is 0.686. The molecule has 0 aliphatic rings. The predicted octanol–water partition coefficient (Wildman–Crippen LogP) is -1.51. The second-order valence-corrected chi connectivity index (χ2v) is 1.86. The smallest absolute Gasteiger partial charge is 0.852 e. The van der Waals surface area contributed by atoms with E-state index in [1.165, 1.54) is 13.8 Å². The Balaban J connectivity index is 0. The second-order valence-electron chi connectivity index (χ2n) is 1.86. The normalized spacial score (nSPS) is 16.5. The maximum Gasteiger partial charge on any atom is 2.00 e. The van der Waals surface area contributed by atoms with Crippen molar-refractivity contribution in [3.63, 3.8) is 0 Å². The zero-order chi connectivity index (χ0) is 5.86. The van der Waals surface area contributed by atoms with E-state index < -0.39 is 12.2 Å². The third-order valence-electron chi connectivity index (χ3n) is 0.664. The minimum Gasteiger partial charge on any atom is -0.852 e. The zero-order valence-electron chi connectivity index (χ0n) is 5.39. The van der Waals surface area contributed by atoms with Crippen molar-refractivity contribution in [2.75, 3.05) is 0 Å². The topological polar surface area (TPSA) is 46.1 Å². The van der Waals surface area contributed by atoms with E-state index in [-0.39, 0.29) is 29.5 Å². The summed E-state index contributed by atoms with van der Waals surface area (Å²) in [6.07, 6.45) is -1.13. The van der Waals surface area contributed by atoms with Crippen molar-refractivity contribution in [2.45, 2.75) is 32.5 Å². The number of hydrogen-bond acceptors (Lipinski definition) is 2. The van der Waals surface area contributed by atoms with Crippen LogP contribution in [0.25, 0.3) is 0 Å². The van der Waals surface area contributed by atoms with Gasteiger partial charge in [0.2, 0.25) is 0 Å². The number of rotatable bonds is 2. The molecule has 2 atom stereocenters. The first-order valence-corrected chi connectivity index (χ1v) is 2.44. The molecule has 0 heterocycles. The molecule has 2 nitrogen and oxygen atoms in total. The van der Waals surface area contributed by atoms with Crippen molar-refractivity contribution < 1.29 is 10.2 Å². The van der Waals surface area contributed by atoms with Crippen LogP contribution in [0.1, 0.15) is 20.3 Å². The van der Waals surface area contributed by atoms with Gasteiger partial charge in [-0.05, 0) is 0 Å². The van der Waals surface area contributed by atoms with Gasteiger partial charge in [0, 0.05) is 0 Å². The standard InChI is InChI=1S/C5H10O2.Mg/c1-4(6)3-5(2)7;/h4-5H,3H2,1-2H3;/q-2;+2. The van der Waals surface area contributed by atoms with Gasteiger partial charge in [-0.15, -0.1) is 12.2 Å². The Labute approximate surface area is 66.1 Å². The van der Waals surface area contributed by atoms with Gasteiger partial charge >= 0.3 is 23.1 Å². The number of hydrogen-bond donors (Lipinski definition) is 0. The van der Waals surface area contributed by atoms with E-state index >= 15 is 0 Å². The molecule has 44 valence electrons. The van der Waals surface area contributed by atoms with Crippen molar-refractivity contribution >= 4 is 23.1 Å². The van der Waals surface area contributed by atoms with Crippen LogP contribution in [0.3, 0.4) is 0 Å². The molecule has 0 aliphatic carbocycles. The molecular formula is C5H10MgO2. The molecular weight excluding hydrogens is 116 g/mol. The third-order valence-corrected chi connectivity index (χ3v) is 0.664. The van der Waals surface area contributed by atoms with Crippen LogP contribution in [0.5, 0.6) is 0 Å². The average Bonchev–Trinajstić information content (AvgIpc) is 1.27.